The zero-order valence-electron chi connectivity index (χ0n) is 13.8. The van der Waals surface area contributed by atoms with Crippen LogP contribution in [0.1, 0.15) is 21.7 Å². The number of nitro benzene ring substituents is 1. The normalized spacial score (nSPS) is 10.9. The van der Waals surface area contributed by atoms with Gasteiger partial charge in [0.25, 0.3) is 11.6 Å². The average Bonchev–Trinajstić information content (AvgIpc) is 3.03. The smallest absolute Gasteiger partial charge is 0.266 e. The van der Waals surface area contributed by atoms with Crippen LogP contribution in [0.25, 0.3) is 0 Å². The van der Waals surface area contributed by atoms with Crippen LogP contribution < -0.4 is 5.43 Å². The highest BCUT2D eigenvalue weighted by molar-refractivity contribution is 9.10. The molecule has 0 aliphatic carbocycles. The van der Waals surface area contributed by atoms with Crippen LogP contribution in [0.4, 0.5) is 5.69 Å². The fraction of sp³-hybridized carbons (Fsp3) is 0.0588. The van der Waals surface area contributed by atoms with E-state index in [2.05, 4.69) is 36.5 Å². The summed E-state index contributed by atoms with van der Waals surface area (Å²) < 4.78 is 2.07. The molecule has 136 valence electrons. The molecule has 0 aliphatic rings. The van der Waals surface area contributed by atoms with Gasteiger partial charge in [-0.1, -0.05) is 18.2 Å². The summed E-state index contributed by atoms with van der Waals surface area (Å²) in [5.41, 5.74) is 4.02. The van der Waals surface area contributed by atoms with Crippen molar-refractivity contribution in [2.75, 3.05) is 0 Å². The third-order valence-corrected chi connectivity index (χ3v) is 4.05. The molecule has 0 radical (unpaired) electrons. The van der Waals surface area contributed by atoms with E-state index in [0.29, 0.717) is 16.7 Å². The topological polar surface area (TPSA) is 115 Å². The van der Waals surface area contributed by atoms with Crippen molar-refractivity contribution in [3.63, 3.8) is 0 Å². The van der Waals surface area contributed by atoms with E-state index in [-0.39, 0.29) is 11.4 Å². The van der Waals surface area contributed by atoms with Crippen molar-refractivity contribution in [2.45, 2.75) is 6.54 Å². The Hall–Kier alpha value is -3.40. The number of hydrazone groups is 1. The third kappa shape index (κ3) is 4.82. The lowest BCUT2D eigenvalue weighted by Gasteiger charge is -2.01. The molecular weight excluding hydrogens is 416 g/mol. The Morgan fingerprint density at radius 1 is 1.30 bits per heavy atom. The highest BCUT2D eigenvalue weighted by Crippen LogP contribution is 2.17. The molecule has 0 saturated carbocycles. The SMILES string of the molecule is O=C(N/N=C/c1ccccn1)c1nn(Cc2ccc([N+](=O)[O-])cc2)cc1Br. The maximum Gasteiger partial charge on any atom is 0.293 e. The molecule has 9 nitrogen and oxygen atoms in total. The minimum atomic E-state index is -0.475. The van der Waals surface area contributed by atoms with Crippen molar-refractivity contribution in [2.24, 2.45) is 5.10 Å². The summed E-state index contributed by atoms with van der Waals surface area (Å²) in [5, 5.41) is 18.8. The number of hydrogen-bond donors (Lipinski definition) is 1. The van der Waals surface area contributed by atoms with Gasteiger partial charge in [0.15, 0.2) is 5.69 Å². The number of nitro groups is 1. The lowest BCUT2D eigenvalue weighted by Crippen LogP contribution is -2.19. The van der Waals surface area contributed by atoms with Crippen molar-refractivity contribution >= 4 is 33.7 Å². The Morgan fingerprint density at radius 2 is 2.07 bits per heavy atom. The van der Waals surface area contributed by atoms with Crippen LogP contribution in [0.3, 0.4) is 0 Å². The summed E-state index contributed by atoms with van der Waals surface area (Å²) in [6.45, 7) is 0.362. The molecule has 2 heterocycles. The molecule has 0 atom stereocenters. The summed E-state index contributed by atoms with van der Waals surface area (Å²) >= 11 is 3.30. The van der Waals surface area contributed by atoms with Gasteiger partial charge in [-0.05, 0) is 33.6 Å². The Labute approximate surface area is 162 Å². The van der Waals surface area contributed by atoms with Gasteiger partial charge in [0.1, 0.15) is 0 Å². The molecule has 1 N–H and O–H groups in total. The van der Waals surface area contributed by atoms with Crippen LogP contribution in [0, 0.1) is 10.1 Å². The second-order valence-corrected chi connectivity index (χ2v) is 6.25. The number of nitrogens with zero attached hydrogens (tertiary/aromatic N) is 5. The Bertz CT molecular complexity index is 986. The number of hydrogen-bond acceptors (Lipinski definition) is 6. The molecule has 1 aromatic carbocycles. The quantitative estimate of drug-likeness (QED) is 0.368. The first kappa shape index (κ1) is 18.4. The van der Waals surface area contributed by atoms with Gasteiger partial charge in [0.05, 0.1) is 27.8 Å². The van der Waals surface area contributed by atoms with Gasteiger partial charge in [-0.3, -0.25) is 24.6 Å². The van der Waals surface area contributed by atoms with E-state index in [1.54, 1.807) is 41.3 Å². The van der Waals surface area contributed by atoms with E-state index in [9.17, 15) is 14.9 Å². The van der Waals surface area contributed by atoms with Crippen LogP contribution in [0.5, 0.6) is 0 Å². The second-order valence-electron chi connectivity index (χ2n) is 5.40. The molecule has 3 rings (SSSR count). The van der Waals surface area contributed by atoms with Crippen LogP contribution in [0.15, 0.2) is 64.4 Å². The molecule has 10 heteroatoms. The number of benzene rings is 1. The van der Waals surface area contributed by atoms with Crippen molar-refractivity contribution in [1.29, 1.82) is 0 Å². The number of nitrogens with one attached hydrogen (secondary N) is 1. The molecule has 0 spiro atoms. The number of non-ortho nitro benzene ring substituents is 1. The van der Waals surface area contributed by atoms with Crippen LogP contribution >= 0.6 is 15.9 Å². The predicted molar refractivity (Wildman–Crippen MR) is 101 cm³/mol. The molecular formula is C17H13BrN6O3. The van der Waals surface area contributed by atoms with Gasteiger partial charge in [0, 0.05) is 24.5 Å². The summed E-state index contributed by atoms with van der Waals surface area (Å²) in [7, 11) is 0. The first-order chi connectivity index (χ1) is 13.0. The van der Waals surface area contributed by atoms with E-state index in [1.165, 1.54) is 18.3 Å². The molecule has 0 fully saturated rings. The van der Waals surface area contributed by atoms with Gasteiger partial charge >= 0.3 is 0 Å². The highest BCUT2D eigenvalue weighted by Gasteiger charge is 2.15. The van der Waals surface area contributed by atoms with Crippen molar-refractivity contribution in [3.05, 3.63) is 86.4 Å². The maximum atomic E-state index is 12.2. The van der Waals surface area contributed by atoms with Gasteiger partial charge in [-0.25, -0.2) is 5.43 Å². The first-order valence-corrected chi connectivity index (χ1v) is 8.53. The fourth-order valence-corrected chi connectivity index (χ4v) is 2.70. The standard InChI is InChI=1S/C17H13BrN6O3/c18-15-11-23(10-12-4-6-14(7-5-12)24(26)27)22-16(15)17(25)21-20-9-13-3-1-2-8-19-13/h1-9,11H,10H2,(H,21,25)/b20-9+. The lowest BCUT2D eigenvalue weighted by molar-refractivity contribution is -0.384. The summed E-state index contributed by atoms with van der Waals surface area (Å²) in [6.07, 6.45) is 4.71. The molecule has 0 bridgehead atoms. The van der Waals surface area contributed by atoms with E-state index in [1.807, 2.05) is 6.07 Å². The molecule has 3 aromatic rings. The molecule has 0 saturated heterocycles. The van der Waals surface area contributed by atoms with Gasteiger partial charge in [-0.2, -0.15) is 10.2 Å². The molecule has 2 aromatic heterocycles. The Kier molecular flexibility index (Phi) is 5.67. The number of rotatable bonds is 6. The maximum absolute atomic E-state index is 12.2. The number of pyridine rings is 1. The second kappa shape index (κ2) is 8.32. The van der Waals surface area contributed by atoms with E-state index >= 15 is 0 Å². The summed E-state index contributed by atoms with van der Waals surface area (Å²) in [6, 6.07) is 11.5. The lowest BCUT2D eigenvalue weighted by atomic mass is 10.2. The van der Waals surface area contributed by atoms with Crippen LogP contribution in [-0.4, -0.2) is 31.8 Å². The number of carbonyl (C=O) groups is 1. The van der Waals surface area contributed by atoms with Crippen molar-refractivity contribution in [1.82, 2.24) is 20.2 Å². The van der Waals surface area contributed by atoms with Gasteiger partial charge in [0.2, 0.25) is 0 Å². The van der Waals surface area contributed by atoms with Crippen LogP contribution in [0.2, 0.25) is 0 Å². The van der Waals surface area contributed by atoms with E-state index < -0.39 is 10.8 Å². The van der Waals surface area contributed by atoms with Crippen molar-refractivity contribution in [3.8, 4) is 0 Å². The fourth-order valence-electron chi connectivity index (χ4n) is 2.20. The molecule has 1 amide bonds. The number of aromatic nitrogens is 3. The van der Waals surface area contributed by atoms with Crippen LogP contribution in [-0.2, 0) is 6.54 Å². The third-order valence-electron chi connectivity index (χ3n) is 3.47. The summed E-state index contributed by atoms with van der Waals surface area (Å²) in [5.74, 6) is -0.475. The summed E-state index contributed by atoms with van der Waals surface area (Å²) in [4.78, 5) is 26.5. The largest absolute Gasteiger partial charge is 0.293 e. The average molecular weight is 429 g/mol. The number of carbonyl (C=O) groups excluding carboxylic acids is 1. The minimum absolute atomic E-state index is 0.0197. The highest BCUT2D eigenvalue weighted by atomic mass is 79.9. The zero-order chi connectivity index (χ0) is 19.2. The molecule has 0 unspecified atom stereocenters. The monoisotopic (exact) mass is 428 g/mol. The predicted octanol–water partition coefficient (Wildman–Crippen LogP) is 2.76. The first-order valence-electron chi connectivity index (χ1n) is 7.73. The van der Waals surface area contributed by atoms with E-state index in [0.717, 1.165) is 5.56 Å². The van der Waals surface area contributed by atoms with Gasteiger partial charge in [-0.15, -0.1) is 0 Å². The Morgan fingerprint density at radius 3 is 2.74 bits per heavy atom. The number of halogens is 1. The molecule has 27 heavy (non-hydrogen) atoms. The molecule has 0 aliphatic heterocycles. The number of amides is 1. The zero-order valence-corrected chi connectivity index (χ0v) is 15.4. The van der Waals surface area contributed by atoms with Crippen molar-refractivity contribution < 1.29 is 9.72 Å². The minimum Gasteiger partial charge on any atom is -0.266 e. The Balaban J connectivity index is 1.65. The van der Waals surface area contributed by atoms with Gasteiger partial charge < -0.3 is 0 Å². The van der Waals surface area contributed by atoms with E-state index in [4.69, 9.17) is 0 Å².